The summed E-state index contributed by atoms with van der Waals surface area (Å²) in [6.45, 7) is 0. The van der Waals surface area contributed by atoms with Crippen molar-refractivity contribution in [3.05, 3.63) is 77.6 Å². The predicted molar refractivity (Wildman–Crippen MR) is 94.2 cm³/mol. The molecule has 0 fully saturated rings. The van der Waals surface area contributed by atoms with E-state index in [1.165, 1.54) is 16.1 Å². The second-order valence-corrected chi connectivity index (χ2v) is 7.30. The number of rotatable bonds is 4. The minimum Gasteiger partial charge on any atom is -0.262 e. The Labute approximate surface area is 136 Å². The Morgan fingerprint density at radius 2 is 1.65 bits per heavy atom. The maximum Gasteiger partial charge on any atom is 0.236 e. The van der Waals surface area contributed by atoms with E-state index in [1.807, 2.05) is 54.6 Å². The molecule has 0 saturated heterocycles. The zero-order valence-corrected chi connectivity index (χ0v) is 13.7. The highest BCUT2D eigenvalue weighted by Gasteiger charge is 2.25. The van der Waals surface area contributed by atoms with Gasteiger partial charge in [0.2, 0.25) is 10.0 Å². The number of benzene rings is 2. The van der Waals surface area contributed by atoms with Crippen LogP contribution in [0.5, 0.6) is 0 Å². The molecule has 0 atom stereocenters. The summed E-state index contributed by atoms with van der Waals surface area (Å²) in [6.07, 6.45) is 5.93. The van der Waals surface area contributed by atoms with Gasteiger partial charge in [-0.2, -0.15) is 0 Å². The van der Waals surface area contributed by atoms with Crippen LogP contribution in [0.2, 0.25) is 0 Å². The first-order valence-corrected chi connectivity index (χ1v) is 9.26. The topological polar surface area (TPSA) is 49.7 Å². The summed E-state index contributed by atoms with van der Waals surface area (Å²) in [4.78, 5) is 4.28. The van der Waals surface area contributed by atoms with Gasteiger partial charge < -0.3 is 0 Å². The Hall–Kier alpha value is -2.40. The molecule has 0 radical (unpaired) electrons. The average Bonchev–Trinajstić information content (AvgIpc) is 2.72. The highest BCUT2D eigenvalue weighted by molar-refractivity contribution is 7.92. The fraction of sp³-hybridized carbons (Fsp3) is 0.167. The van der Waals surface area contributed by atoms with Crippen LogP contribution >= 0.6 is 0 Å². The van der Waals surface area contributed by atoms with Crippen LogP contribution < -0.4 is 4.31 Å². The van der Waals surface area contributed by atoms with E-state index in [0.717, 1.165) is 12.0 Å². The molecule has 118 valence electrons. The average molecular weight is 326 g/mol. The molecule has 0 N–H and O–H groups in total. The molecule has 0 amide bonds. The van der Waals surface area contributed by atoms with Crippen molar-refractivity contribution in [1.29, 1.82) is 0 Å². The number of aryl methyl sites for hydroxylation is 1. The lowest BCUT2D eigenvalue weighted by Gasteiger charge is -2.25. The molecule has 0 aliphatic carbocycles. The Bertz CT molecular complexity index is 856. The number of fused-ring (bicyclic) bond motifs is 1. The summed E-state index contributed by atoms with van der Waals surface area (Å²) in [5, 5.41) is 0. The zero-order chi connectivity index (χ0) is 16.3. The minimum atomic E-state index is -3.43. The predicted octanol–water partition coefficient (Wildman–Crippen LogP) is 3.36. The van der Waals surface area contributed by atoms with Gasteiger partial charge in [-0.3, -0.25) is 4.99 Å². The SMILES string of the molecule is CS(=O)(=O)N1C(CCc2ccccc2)=CN=Cc2ccccc21. The summed E-state index contributed by atoms with van der Waals surface area (Å²) in [7, 11) is -3.43. The number of anilines is 1. The molecule has 1 aliphatic rings. The molecule has 0 aromatic heterocycles. The van der Waals surface area contributed by atoms with Crippen LogP contribution in [0, 0.1) is 0 Å². The Balaban J connectivity index is 1.95. The van der Waals surface area contributed by atoms with E-state index in [1.54, 1.807) is 12.4 Å². The van der Waals surface area contributed by atoms with E-state index in [-0.39, 0.29) is 0 Å². The van der Waals surface area contributed by atoms with E-state index in [9.17, 15) is 8.42 Å². The monoisotopic (exact) mass is 326 g/mol. The van der Waals surface area contributed by atoms with Crippen molar-refractivity contribution in [2.75, 3.05) is 10.6 Å². The van der Waals surface area contributed by atoms with E-state index < -0.39 is 10.0 Å². The fourth-order valence-electron chi connectivity index (χ4n) is 2.67. The summed E-state index contributed by atoms with van der Waals surface area (Å²) < 4.78 is 26.1. The maximum absolute atomic E-state index is 12.4. The molecule has 1 heterocycles. The van der Waals surface area contributed by atoms with Gasteiger partial charge >= 0.3 is 0 Å². The Kier molecular flexibility index (Phi) is 4.30. The second kappa shape index (κ2) is 6.38. The Morgan fingerprint density at radius 1 is 0.957 bits per heavy atom. The van der Waals surface area contributed by atoms with E-state index >= 15 is 0 Å². The largest absolute Gasteiger partial charge is 0.262 e. The van der Waals surface area contributed by atoms with Crippen molar-refractivity contribution >= 4 is 21.9 Å². The van der Waals surface area contributed by atoms with E-state index in [4.69, 9.17) is 0 Å². The summed E-state index contributed by atoms with van der Waals surface area (Å²) in [5.41, 5.74) is 3.29. The van der Waals surface area contributed by atoms with Gasteiger partial charge in [0, 0.05) is 18.0 Å². The standard InChI is InChI=1S/C18H18N2O2S/c1-23(21,22)20-17(12-11-15-7-3-2-4-8-15)14-19-13-16-9-5-6-10-18(16)20/h2-10,13-14H,11-12H2,1H3. The van der Waals surface area contributed by atoms with Crippen LogP contribution in [-0.4, -0.2) is 20.9 Å². The van der Waals surface area contributed by atoms with Gasteiger partial charge in [-0.05, 0) is 24.5 Å². The molecule has 4 nitrogen and oxygen atoms in total. The smallest absolute Gasteiger partial charge is 0.236 e. The number of hydrogen-bond acceptors (Lipinski definition) is 3. The van der Waals surface area contributed by atoms with Gasteiger partial charge in [-0.25, -0.2) is 12.7 Å². The van der Waals surface area contributed by atoms with Gasteiger partial charge in [-0.1, -0.05) is 48.5 Å². The van der Waals surface area contributed by atoms with Gasteiger partial charge in [0.05, 0.1) is 17.6 Å². The highest BCUT2D eigenvalue weighted by atomic mass is 32.2. The minimum absolute atomic E-state index is 0.600. The van der Waals surface area contributed by atoms with Crippen molar-refractivity contribution < 1.29 is 8.42 Å². The van der Waals surface area contributed by atoms with Gasteiger partial charge in [0.25, 0.3) is 0 Å². The quantitative estimate of drug-likeness (QED) is 0.865. The van der Waals surface area contributed by atoms with Crippen LogP contribution in [0.3, 0.4) is 0 Å². The zero-order valence-electron chi connectivity index (χ0n) is 12.9. The van der Waals surface area contributed by atoms with Crippen LogP contribution in [0.1, 0.15) is 17.5 Å². The number of aliphatic imine (C=N–C) groups is 1. The molecule has 23 heavy (non-hydrogen) atoms. The molecule has 0 unspecified atom stereocenters. The third kappa shape index (κ3) is 3.51. The first-order chi connectivity index (χ1) is 11.1. The molecule has 0 spiro atoms. The van der Waals surface area contributed by atoms with Crippen molar-refractivity contribution in [2.24, 2.45) is 4.99 Å². The normalized spacial score (nSPS) is 14.1. The van der Waals surface area contributed by atoms with Gasteiger partial charge in [0.1, 0.15) is 0 Å². The first kappa shape index (κ1) is 15.5. The van der Waals surface area contributed by atoms with Gasteiger partial charge in [-0.15, -0.1) is 0 Å². The number of hydrogen-bond donors (Lipinski definition) is 0. The fourth-order valence-corrected chi connectivity index (χ4v) is 3.76. The third-order valence-electron chi connectivity index (χ3n) is 3.70. The molecule has 2 aromatic rings. The van der Waals surface area contributed by atoms with Crippen molar-refractivity contribution in [3.63, 3.8) is 0 Å². The lowest BCUT2D eigenvalue weighted by atomic mass is 10.1. The molecule has 1 aliphatic heterocycles. The van der Waals surface area contributed by atoms with Crippen LogP contribution in [0.25, 0.3) is 0 Å². The second-order valence-electron chi connectivity index (χ2n) is 5.47. The lowest BCUT2D eigenvalue weighted by molar-refractivity contribution is 0.599. The number of nitrogens with zero attached hydrogens (tertiary/aromatic N) is 2. The first-order valence-electron chi connectivity index (χ1n) is 7.41. The molecule has 0 saturated carbocycles. The maximum atomic E-state index is 12.4. The molecule has 0 bridgehead atoms. The molecular weight excluding hydrogens is 308 g/mol. The molecule has 2 aromatic carbocycles. The van der Waals surface area contributed by atoms with Crippen LogP contribution in [-0.2, 0) is 16.4 Å². The van der Waals surface area contributed by atoms with E-state index in [2.05, 4.69) is 4.99 Å². The number of para-hydroxylation sites is 1. The van der Waals surface area contributed by atoms with Crippen molar-refractivity contribution in [1.82, 2.24) is 0 Å². The highest BCUT2D eigenvalue weighted by Crippen LogP contribution is 2.30. The van der Waals surface area contributed by atoms with Gasteiger partial charge in [0.15, 0.2) is 0 Å². The van der Waals surface area contributed by atoms with Crippen LogP contribution in [0.15, 0.2) is 71.5 Å². The Morgan fingerprint density at radius 3 is 2.39 bits per heavy atom. The summed E-state index contributed by atoms with van der Waals surface area (Å²) in [6, 6.07) is 17.4. The number of allylic oxidation sites excluding steroid dienone is 1. The summed E-state index contributed by atoms with van der Waals surface area (Å²) >= 11 is 0. The summed E-state index contributed by atoms with van der Waals surface area (Å²) in [5.74, 6) is 0. The van der Waals surface area contributed by atoms with Crippen molar-refractivity contribution in [2.45, 2.75) is 12.8 Å². The molecule has 5 heteroatoms. The van der Waals surface area contributed by atoms with Crippen LogP contribution in [0.4, 0.5) is 5.69 Å². The van der Waals surface area contributed by atoms with E-state index in [0.29, 0.717) is 17.8 Å². The van der Waals surface area contributed by atoms with Crippen molar-refractivity contribution in [3.8, 4) is 0 Å². The molecule has 3 rings (SSSR count). The molecular formula is C18H18N2O2S. The lowest BCUT2D eigenvalue weighted by Crippen LogP contribution is -2.29. The number of sulfonamides is 1. The third-order valence-corrected chi connectivity index (χ3v) is 4.79.